The lowest BCUT2D eigenvalue weighted by Gasteiger charge is -2.38. The van der Waals surface area contributed by atoms with Crippen molar-refractivity contribution < 1.29 is 43.8 Å². The van der Waals surface area contributed by atoms with Crippen LogP contribution in [-0.2, 0) is 16.1 Å². The maximum absolute atomic E-state index is 14.0. The third kappa shape index (κ3) is 18.3. The van der Waals surface area contributed by atoms with E-state index in [0.29, 0.717) is 36.9 Å². The van der Waals surface area contributed by atoms with Crippen molar-refractivity contribution in [2.45, 2.75) is 180 Å². The van der Waals surface area contributed by atoms with E-state index in [-0.39, 0.29) is 49.0 Å². The minimum absolute atomic E-state index is 0.0871. The largest absolute Gasteiger partial charge is 0.478 e. The molecule has 2 aliphatic carbocycles. The Morgan fingerprint density at radius 1 is 0.847 bits per heavy atom. The van der Waals surface area contributed by atoms with E-state index in [4.69, 9.17) is 4.74 Å². The molecule has 3 amide bonds. The van der Waals surface area contributed by atoms with E-state index in [1.54, 1.807) is 24.3 Å². The van der Waals surface area contributed by atoms with Crippen LogP contribution in [0, 0.1) is 5.92 Å². The SMILES string of the molecule is CCCCCCCCCCCCC/C=C/[C@@H](O)[C@H](CO)NC(=O)CCCCCNC(=O)OC1CCCC2=C(c3ccc(CNC(=O)c4ccc(C(=O)O)c(C5=C6C=CC(=[N+](C)C)C=C6[Si](C)(C)c6cc(N(C)C)ccc65)c4)cc3)NN=CC2CC1. The second kappa shape index (κ2) is 32.6. The van der Waals surface area contributed by atoms with Gasteiger partial charge >= 0.3 is 12.1 Å². The number of benzene rings is 3. The topological polar surface area (TPSA) is 205 Å². The van der Waals surface area contributed by atoms with Crippen molar-refractivity contribution in [1.82, 2.24) is 21.4 Å². The molecule has 0 spiro atoms. The number of hydrogen-bond acceptors (Lipinski definition) is 10. The first-order valence-corrected chi connectivity index (χ1v) is 34.5. The van der Waals surface area contributed by atoms with Gasteiger partial charge in [0.25, 0.3) is 5.91 Å². The highest BCUT2D eigenvalue weighted by molar-refractivity contribution is 6.98. The van der Waals surface area contributed by atoms with E-state index in [1.807, 2.05) is 64.7 Å². The Bertz CT molecular complexity index is 3020. The van der Waals surface area contributed by atoms with Crippen molar-refractivity contribution in [1.29, 1.82) is 0 Å². The van der Waals surface area contributed by atoms with Crippen LogP contribution in [-0.4, -0.2) is 123 Å². The van der Waals surface area contributed by atoms with E-state index in [2.05, 4.69) is 92.4 Å². The van der Waals surface area contributed by atoms with Gasteiger partial charge in [0.05, 0.1) is 30.0 Å². The Kier molecular flexibility index (Phi) is 25.2. The lowest BCUT2D eigenvalue weighted by molar-refractivity contribution is -0.462. The number of carbonyl (C=O) groups is 4. The van der Waals surface area contributed by atoms with Gasteiger partial charge in [0.1, 0.15) is 28.3 Å². The Hall–Kier alpha value is -6.88. The Balaban J connectivity index is 0.845. The highest BCUT2D eigenvalue weighted by Gasteiger charge is 2.41. The molecule has 7 N–H and O–H groups in total. The lowest BCUT2D eigenvalue weighted by Crippen LogP contribution is -2.49. The molecule has 2 heterocycles. The van der Waals surface area contributed by atoms with E-state index >= 15 is 0 Å². The van der Waals surface area contributed by atoms with Gasteiger partial charge in [-0.25, -0.2) is 14.2 Å². The van der Waals surface area contributed by atoms with Gasteiger partial charge < -0.3 is 40.9 Å². The Morgan fingerprint density at radius 2 is 1.56 bits per heavy atom. The van der Waals surface area contributed by atoms with Crippen LogP contribution in [0.3, 0.4) is 0 Å². The van der Waals surface area contributed by atoms with Crippen LogP contribution in [0.25, 0.3) is 11.3 Å². The number of carboxylic acids is 1. The number of ether oxygens (including phenoxy) is 1. The van der Waals surface area contributed by atoms with Crippen molar-refractivity contribution in [3.05, 3.63) is 141 Å². The summed E-state index contributed by atoms with van der Waals surface area (Å²) in [6.07, 6.45) is 31.5. The predicted octanol–water partition coefficient (Wildman–Crippen LogP) is 11.5. The summed E-state index contributed by atoms with van der Waals surface area (Å²) in [5.74, 6) is -1.50. The number of aromatic carboxylic acids is 1. The molecule has 4 aliphatic rings. The number of rotatable bonds is 30. The van der Waals surface area contributed by atoms with Crippen molar-refractivity contribution in [2.24, 2.45) is 11.0 Å². The molecule has 7 rings (SSSR count). The molecule has 0 bridgehead atoms. The van der Waals surface area contributed by atoms with E-state index < -0.39 is 32.3 Å². The number of amides is 3. The third-order valence-electron chi connectivity index (χ3n) is 17.3. The standard InChI is InChI=1S/C69H95N7O8Si/c1-8-9-10-11-12-13-14-15-16-17-18-19-21-27-61(78)60(47-77)73-64(79)28-22-20-23-41-70-69(83)84-54-25-24-26-55-51(33-37-54)46-72-74-66(55)49-31-29-48(30-32-49)45-71-67(80)50-34-38-56(68(81)82)59(42-50)65-57-39-35-52(75(2)3)43-62(57)85(6,7)63-44-53(76(4)5)36-40-58(63)65/h21,27,29-32,34-36,38-40,42-44,46,51,54,60-61,74,77-78H,8-20,22-26,28,33,37,41,45,47H2,1-7H3,(H3-,70,71,73,79,80,81,82,83)/p+1/b27-21+/t51?,54?,60-,61+/m0/s1. The van der Waals surface area contributed by atoms with Gasteiger partial charge in [-0.1, -0.05) is 133 Å². The van der Waals surface area contributed by atoms with Crippen molar-refractivity contribution in [2.75, 3.05) is 46.2 Å². The van der Waals surface area contributed by atoms with Gasteiger partial charge in [0.2, 0.25) is 5.91 Å². The smallest absolute Gasteiger partial charge is 0.407 e. The minimum atomic E-state index is -2.29. The lowest BCUT2D eigenvalue weighted by atomic mass is 9.83. The summed E-state index contributed by atoms with van der Waals surface area (Å²) in [5, 5.41) is 46.8. The first-order valence-electron chi connectivity index (χ1n) is 31.5. The van der Waals surface area contributed by atoms with Crippen LogP contribution in [0.5, 0.6) is 0 Å². The van der Waals surface area contributed by atoms with E-state index in [0.717, 1.165) is 89.9 Å². The number of alkyl carbamates (subject to hydrolysis) is 1. The number of anilines is 1. The summed E-state index contributed by atoms with van der Waals surface area (Å²) < 4.78 is 7.99. The zero-order valence-electron chi connectivity index (χ0n) is 51.7. The fourth-order valence-corrected chi connectivity index (χ4v) is 15.2. The predicted molar refractivity (Wildman–Crippen MR) is 346 cm³/mol. The average molecular weight is 1180 g/mol. The van der Waals surface area contributed by atoms with Gasteiger partial charge in [-0.2, -0.15) is 5.10 Å². The first-order chi connectivity index (χ1) is 41.0. The molecule has 458 valence electrons. The Labute approximate surface area is 506 Å². The fraction of sp³-hybridized carbons (Fsp3) is 0.507. The number of hydrazone groups is 1. The van der Waals surface area contributed by atoms with Crippen molar-refractivity contribution >= 4 is 66.0 Å². The molecule has 0 saturated heterocycles. The number of aliphatic hydroxyl groups excluding tert-OH is 2. The summed E-state index contributed by atoms with van der Waals surface area (Å²) in [5.41, 5.74) is 13.3. The van der Waals surface area contributed by atoms with Gasteiger partial charge in [-0.3, -0.25) is 15.0 Å². The van der Waals surface area contributed by atoms with Gasteiger partial charge in [0.15, 0.2) is 5.71 Å². The maximum Gasteiger partial charge on any atom is 0.407 e. The zero-order valence-corrected chi connectivity index (χ0v) is 52.7. The number of aliphatic hydroxyl groups is 2. The molecule has 85 heavy (non-hydrogen) atoms. The number of hydrogen-bond donors (Lipinski definition) is 7. The van der Waals surface area contributed by atoms with Crippen LogP contribution < -0.4 is 31.5 Å². The molecule has 3 aromatic rings. The number of nitrogens with zero attached hydrogens (tertiary/aromatic N) is 3. The molecule has 1 saturated carbocycles. The van der Waals surface area contributed by atoms with E-state index in [9.17, 15) is 34.5 Å². The van der Waals surface area contributed by atoms with Gasteiger partial charge in [0, 0.05) is 69.1 Å². The second-order valence-corrected chi connectivity index (χ2v) is 28.8. The minimum Gasteiger partial charge on any atom is -0.478 e. The van der Waals surface area contributed by atoms with Crippen LogP contribution in [0.1, 0.15) is 185 Å². The number of carboxylic acid groups (broad SMARTS) is 1. The van der Waals surface area contributed by atoms with Crippen molar-refractivity contribution in [3.63, 3.8) is 0 Å². The number of carbonyl (C=O) groups excluding carboxylic acids is 3. The number of unbranched alkanes of at least 4 members (excludes halogenated alkanes) is 13. The van der Waals surface area contributed by atoms with Crippen LogP contribution in [0.2, 0.25) is 13.1 Å². The molecule has 15 nitrogen and oxygen atoms in total. The average Bonchev–Trinajstić information content (AvgIpc) is 2.30. The summed E-state index contributed by atoms with van der Waals surface area (Å²) in [4.78, 5) is 54.6. The molecule has 16 heteroatoms. The highest BCUT2D eigenvalue weighted by Crippen LogP contribution is 2.43. The number of nitrogens with one attached hydrogen (secondary N) is 4. The highest BCUT2D eigenvalue weighted by atomic mass is 28.3. The number of fused-ring (bicyclic) bond motifs is 3. The van der Waals surface area contributed by atoms with Gasteiger partial charge in [-0.05, 0) is 144 Å². The first kappa shape index (κ1) is 65.7. The van der Waals surface area contributed by atoms with Crippen molar-refractivity contribution in [3.8, 4) is 0 Å². The number of allylic oxidation sites excluding steroid dienone is 7. The fourth-order valence-electron chi connectivity index (χ4n) is 12.1. The molecule has 3 aromatic carbocycles. The molecule has 2 unspecified atom stereocenters. The summed E-state index contributed by atoms with van der Waals surface area (Å²) in [7, 11) is 5.80. The second-order valence-electron chi connectivity index (χ2n) is 24.4. The maximum atomic E-state index is 14.0. The molecular formula is C69H96N7O8Si+. The van der Waals surface area contributed by atoms with Crippen LogP contribution in [0.4, 0.5) is 10.5 Å². The monoisotopic (exact) mass is 1180 g/mol. The Morgan fingerprint density at radius 3 is 2.26 bits per heavy atom. The molecule has 0 radical (unpaired) electrons. The van der Waals surface area contributed by atoms with Crippen LogP contribution >= 0.6 is 0 Å². The molecule has 4 atom stereocenters. The van der Waals surface area contributed by atoms with Gasteiger partial charge in [-0.15, -0.1) is 0 Å². The summed E-state index contributed by atoms with van der Waals surface area (Å²) in [6, 6.07) is 18.6. The zero-order chi connectivity index (χ0) is 60.9. The van der Waals surface area contributed by atoms with E-state index in [1.165, 1.54) is 80.2 Å². The van der Waals surface area contributed by atoms with Crippen LogP contribution in [0.15, 0.2) is 112 Å². The molecule has 1 fully saturated rings. The normalized spacial score (nSPS) is 17.8. The summed E-state index contributed by atoms with van der Waals surface area (Å²) >= 11 is 0. The molecular weight excluding hydrogens is 1080 g/mol. The molecule has 0 aromatic heterocycles. The quantitative estimate of drug-likeness (QED) is 0.0146. The molecule has 2 aliphatic heterocycles. The summed E-state index contributed by atoms with van der Waals surface area (Å²) in [6.45, 7) is 7.29. The third-order valence-corrected chi connectivity index (χ3v) is 20.8.